The molecule has 0 radical (unpaired) electrons. The minimum absolute atomic E-state index is 0. The number of para-hydroxylation sites is 1. The van der Waals surface area contributed by atoms with Crippen LogP contribution in [0.3, 0.4) is 0 Å². The van der Waals surface area contributed by atoms with Crippen molar-refractivity contribution in [1.29, 1.82) is 0 Å². The standard InChI is InChI=1S/C18H24N4O2.HI/c1-3-23-17-9-5-4-7-15(17)13-22-18(19-2)21-11-12-24-16-8-6-10-20-14-16;/h4-10,14H,3,11-13H2,1-2H3,(H2,19,21,22);1H. The van der Waals surface area contributed by atoms with Crippen LogP contribution in [0.1, 0.15) is 12.5 Å². The van der Waals surface area contributed by atoms with Gasteiger partial charge in [-0.15, -0.1) is 24.0 Å². The number of pyridine rings is 1. The van der Waals surface area contributed by atoms with Gasteiger partial charge < -0.3 is 20.1 Å². The van der Waals surface area contributed by atoms with Gasteiger partial charge in [-0.3, -0.25) is 9.98 Å². The van der Waals surface area contributed by atoms with Crippen LogP contribution in [0.25, 0.3) is 0 Å². The van der Waals surface area contributed by atoms with E-state index in [0.29, 0.717) is 26.3 Å². The number of hydrogen-bond acceptors (Lipinski definition) is 4. The molecule has 7 heteroatoms. The van der Waals surface area contributed by atoms with Crippen LogP contribution in [-0.2, 0) is 6.54 Å². The van der Waals surface area contributed by atoms with Gasteiger partial charge >= 0.3 is 0 Å². The molecular formula is C18H25IN4O2. The Morgan fingerprint density at radius 3 is 2.68 bits per heavy atom. The molecule has 0 aliphatic carbocycles. The first-order valence-corrected chi connectivity index (χ1v) is 8.01. The van der Waals surface area contributed by atoms with E-state index in [2.05, 4.69) is 20.6 Å². The molecule has 0 saturated heterocycles. The van der Waals surface area contributed by atoms with E-state index in [9.17, 15) is 0 Å². The molecule has 0 spiro atoms. The third-order valence-electron chi connectivity index (χ3n) is 3.24. The summed E-state index contributed by atoms with van der Waals surface area (Å²) in [5.74, 6) is 2.37. The van der Waals surface area contributed by atoms with Crippen LogP contribution in [0.5, 0.6) is 11.5 Å². The summed E-state index contributed by atoms with van der Waals surface area (Å²) >= 11 is 0. The lowest BCUT2D eigenvalue weighted by Crippen LogP contribution is -2.38. The summed E-state index contributed by atoms with van der Waals surface area (Å²) < 4.78 is 11.2. The van der Waals surface area contributed by atoms with E-state index >= 15 is 0 Å². The van der Waals surface area contributed by atoms with Crippen molar-refractivity contribution in [3.05, 3.63) is 54.4 Å². The quantitative estimate of drug-likeness (QED) is 0.277. The van der Waals surface area contributed by atoms with E-state index in [1.165, 1.54) is 0 Å². The maximum Gasteiger partial charge on any atom is 0.191 e. The third kappa shape index (κ3) is 7.59. The number of aromatic nitrogens is 1. The highest BCUT2D eigenvalue weighted by molar-refractivity contribution is 14.0. The Labute approximate surface area is 166 Å². The fraction of sp³-hybridized carbons (Fsp3) is 0.333. The number of nitrogens with zero attached hydrogens (tertiary/aromatic N) is 2. The zero-order chi connectivity index (χ0) is 17.0. The molecule has 1 aromatic heterocycles. The lowest BCUT2D eigenvalue weighted by Gasteiger charge is -2.14. The van der Waals surface area contributed by atoms with Crippen molar-refractivity contribution in [2.45, 2.75) is 13.5 Å². The van der Waals surface area contributed by atoms with E-state index in [1.807, 2.05) is 43.3 Å². The van der Waals surface area contributed by atoms with Crippen LogP contribution in [0.2, 0.25) is 0 Å². The Morgan fingerprint density at radius 1 is 1.12 bits per heavy atom. The minimum Gasteiger partial charge on any atom is -0.494 e. The van der Waals surface area contributed by atoms with E-state index in [1.54, 1.807) is 19.4 Å². The summed E-state index contributed by atoms with van der Waals surface area (Å²) in [5.41, 5.74) is 1.09. The average Bonchev–Trinajstić information content (AvgIpc) is 2.63. The number of halogens is 1. The van der Waals surface area contributed by atoms with Crippen LogP contribution in [0, 0.1) is 0 Å². The van der Waals surface area contributed by atoms with Crippen molar-refractivity contribution >= 4 is 29.9 Å². The lowest BCUT2D eigenvalue weighted by atomic mass is 10.2. The number of guanidine groups is 1. The van der Waals surface area contributed by atoms with Crippen molar-refractivity contribution in [3.63, 3.8) is 0 Å². The Kier molecular flexibility index (Phi) is 10.4. The minimum atomic E-state index is 0. The normalized spacial score (nSPS) is 10.6. The van der Waals surface area contributed by atoms with Crippen molar-refractivity contribution in [2.75, 3.05) is 26.8 Å². The Bertz CT molecular complexity index is 638. The molecule has 0 saturated carbocycles. The maximum absolute atomic E-state index is 5.62. The van der Waals surface area contributed by atoms with Gasteiger partial charge in [0.2, 0.25) is 0 Å². The first-order valence-electron chi connectivity index (χ1n) is 8.01. The van der Waals surface area contributed by atoms with E-state index in [0.717, 1.165) is 23.0 Å². The summed E-state index contributed by atoms with van der Waals surface area (Å²) in [5, 5.41) is 6.49. The highest BCUT2D eigenvalue weighted by atomic mass is 127. The van der Waals surface area contributed by atoms with Crippen LogP contribution < -0.4 is 20.1 Å². The van der Waals surface area contributed by atoms with Gasteiger partial charge in [0.25, 0.3) is 0 Å². The third-order valence-corrected chi connectivity index (χ3v) is 3.24. The van der Waals surface area contributed by atoms with Gasteiger partial charge in [0, 0.05) is 25.4 Å². The summed E-state index contributed by atoms with van der Waals surface area (Å²) in [6, 6.07) is 11.7. The largest absolute Gasteiger partial charge is 0.494 e. The van der Waals surface area contributed by atoms with E-state index in [4.69, 9.17) is 9.47 Å². The van der Waals surface area contributed by atoms with Gasteiger partial charge in [0.15, 0.2) is 5.96 Å². The molecule has 0 amide bonds. The number of nitrogens with one attached hydrogen (secondary N) is 2. The van der Waals surface area contributed by atoms with Gasteiger partial charge in [0.05, 0.1) is 19.3 Å². The molecule has 0 aliphatic rings. The van der Waals surface area contributed by atoms with Crippen molar-refractivity contribution < 1.29 is 9.47 Å². The van der Waals surface area contributed by atoms with Gasteiger partial charge in [-0.25, -0.2) is 0 Å². The second kappa shape index (κ2) is 12.3. The number of benzene rings is 1. The molecule has 1 heterocycles. The van der Waals surface area contributed by atoms with Crippen LogP contribution in [0.15, 0.2) is 53.8 Å². The summed E-state index contributed by atoms with van der Waals surface area (Å²) in [7, 11) is 1.74. The molecule has 1 aromatic carbocycles. The predicted octanol–water partition coefficient (Wildman–Crippen LogP) is 2.84. The molecule has 0 fully saturated rings. The monoisotopic (exact) mass is 456 g/mol. The molecule has 0 atom stereocenters. The average molecular weight is 456 g/mol. The van der Waals surface area contributed by atoms with Gasteiger partial charge in [-0.05, 0) is 25.1 Å². The fourth-order valence-electron chi connectivity index (χ4n) is 2.12. The number of aliphatic imine (C=N–C) groups is 1. The molecule has 2 N–H and O–H groups in total. The summed E-state index contributed by atoms with van der Waals surface area (Å²) in [6.07, 6.45) is 3.41. The van der Waals surface area contributed by atoms with E-state index in [-0.39, 0.29) is 24.0 Å². The summed E-state index contributed by atoms with van der Waals surface area (Å²) in [4.78, 5) is 8.22. The highest BCUT2D eigenvalue weighted by Crippen LogP contribution is 2.17. The Morgan fingerprint density at radius 2 is 1.96 bits per heavy atom. The van der Waals surface area contributed by atoms with Gasteiger partial charge in [-0.1, -0.05) is 18.2 Å². The maximum atomic E-state index is 5.62. The Balaban J connectivity index is 0.00000312. The summed E-state index contributed by atoms with van der Waals surface area (Å²) in [6.45, 7) is 4.44. The first kappa shape index (κ1) is 21.0. The van der Waals surface area contributed by atoms with Gasteiger partial charge in [-0.2, -0.15) is 0 Å². The molecule has 0 unspecified atom stereocenters. The first-order chi connectivity index (χ1) is 11.8. The molecule has 0 bridgehead atoms. The molecular weight excluding hydrogens is 431 g/mol. The Hall–Kier alpha value is -2.03. The lowest BCUT2D eigenvalue weighted by molar-refractivity contribution is 0.320. The SMILES string of the molecule is CCOc1ccccc1CNC(=NC)NCCOc1cccnc1.I. The fourth-order valence-corrected chi connectivity index (χ4v) is 2.12. The van der Waals surface area contributed by atoms with Gasteiger partial charge in [0.1, 0.15) is 18.1 Å². The molecule has 0 aliphatic heterocycles. The molecule has 2 aromatic rings. The number of ether oxygens (including phenoxy) is 2. The zero-order valence-electron chi connectivity index (χ0n) is 14.6. The molecule has 25 heavy (non-hydrogen) atoms. The smallest absolute Gasteiger partial charge is 0.191 e. The van der Waals surface area contributed by atoms with Crippen LogP contribution in [-0.4, -0.2) is 37.7 Å². The second-order valence-electron chi connectivity index (χ2n) is 4.93. The number of rotatable bonds is 8. The molecule has 6 nitrogen and oxygen atoms in total. The topological polar surface area (TPSA) is 67.8 Å². The van der Waals surface area contributed by atoms with E-state index < -0.39 is 0 Å². The van der Waals surface area contributed by atoms with Crippen LogP contribution in [0.4, 0.5) is 0 Å². The molecule has 2 rings (SSSR count). The number of hydrogen-bond donors (Lipinski definition) is 2. The van der Waals surface area contributed by atoms with Crippen LogP contribution >= 0.6 is 24.0 Å². The van der Waals surface area contributed by atoms with Crippen molar-refractivity contribution in [1.82, 2.24) is 15.6 Å². The van der Waals surface area contributed by atoms with Crippen molar-refractivity contribution in [2.24, 2.45) is 4.99 Å². The zero-order valence-corrected chi connectivity index (χ0v) is 16.9. The molecule has 136 valence electrons. The highest BCUT2D eigenvalue weighted by Gasteiger charge is 2.04. The second-order valence-corrected chi connectivity index (χ2v) is 4.93. The predicted molar refractivity (Wildman–Crippen MR) is 111 cm³/mol. The van der Waals surface area contributed by atoms with Crippen molar-refractivity contribution in [3.8, 4) is 11.5 Å².